The van der Waals surface area contributed by atoms with E-state index in [2.05, 4.69) is 16.0 Å². The lowest BCUT2D eigenvalue weighted by Crippen LogP contribution is -2.58. The number of hydrogen-bond acceptors (Lipinski definition) is 6. The van der Waals surface area contributed by atoms with Crippen LogP contribution < -0.4 is 16.0 Å². The largest absolute Gasteiger partial charge is 0.388 e. The van der Waals surface area contributed by atoms with Crippen LogP contribution in [0.1, 0.15) is 64.5 Å². The van der Waals surface area contributed by atoms with Crippen molar-refractivity contribution in [2.24, 2.45) is 11.8 Å². The molecule has 10 nitrogen and oxygen atoms in total. The minimum absolute atomic E-state index is 0.00839. The molecule has 4 N–H and O–H groups in total. The van der Waals surface area contributed by atoms with Gasteiger partial charge in [0, 0.05) is 24.6 Å². The number of para-hydroxylation sites is 1. The Bertz CT molecular complexity index is 1120. The third-order valence-corrected chi connectivity index (χ3v) is 7.56. The second kappa shape index (κ2) is 13.1. The van der Waals surface area contributed by atoms with Gasteiger partial charge in [-0.2, -0.15) is 4.48 Å². The lowest BCUT2D eigenvalue weighted by atomic mass is 9.88. The van der Waals surface area contributed by atoms with E-state index in [1.165, 1.54) is 0 Å². The van der Waals surface area contributed by atoms with Gasteiger partial charge in [-0.05, 0) is 49.1 Å². The van der Waals surface area contributed by atoms with Crippen LogP contribution in [0, 0.1) is 11.8 Å². The van der Waals surface area contributed by atoms with Crippen molar-refractivity contribution in [3.05, 3.63) is 41.7 Å². The Kier molecular flexibility index (Phi) is 10.2. The molecule has 0 spiro atoms. The number of carbonyl (C=O) groups excluding carboxylic acids is 5. The number of anilines is 1. The molecule has 0 saturated carbocycles. The predicted molar refractivity (Wildman–Crippen MR) is 146 cm³/mol. The average molecular weight is 542 g/mol. The maximum atomic E-state index is 13.9. The fraction of sp³-hybridized carbons (Fsp3) is 0.552. The first-order valence-electron chi connectivity index (χ1n) is 13.8. The minimum Gasteiger partial charge on any atom is -0.388 e. The van der Waals surface area contributed by atoms with Crippen LogP contribution in [0.4, 0.5) is 5.69 Å². The van der Waals surface area contributed by atoms with Crippen LogP contribution in [0.2, 0.25) is 0 Å². The summed E-state index contributed by atoms with van der Waals surface area (Å²) in [5.41, 5.74) is 2.41. The zero-order valence-corrected chi connectivity index (χ0v) is 23.3. The monoisotopic (exact) mass is 541 g/mol. The van der Waals surface area contributed by atoms with Crippen molar-refractivity contribution in [2.75, 3.05) is 18.5 Å². The molecular formula is C29H41N4O6+. The molecule has 3 rings (SSSR count). The smallest absolute Gasteiger partial charge is 0.346 e. The molecule has 2 heterocycles. The Morgan fingerprint density at radius 3 is 2.23 bits per heavy atom. The summed E-state index contributed by atoms with van der Waals surface area (Å²) < 4.78 is -0.471. The number of amides is 4. The van der Waals surface area contributed by atoms with Gasteiger partial charge < -0.3 is 21.1 Å². The molecule has 1 aromatic carbocycles. The first kappa shape index (κ1) is 30.2. The van der Waals surface area contributed by atoms with E-state index in [1.807, 2.05) is 45.9 Å². The van der Waals surface area contributed by atoms with Gasteiger partial charge in [-0.25, -0.2) is 4.79 Å². The molecule has 0 bridgehead atoms. The first-order valence-corrected chi connectivity index (χ1v) is 13.8. The van der Waals surface area contributed by atoms with Crippen molar-refractivity contribution in [3.8, 4) is 0 Å². The van der Waals surface area contributed by atoms with E-state index in [1.54, 1.807) is 12.4 Å². The number of aliphatic hydroxyl groups is 1. The Morgan fingerprint density at radius 2 is 1.72 bits per heavy atom. The molecule has 39 heavy (non-hydrogen) atoms. The number of nitrogens with zero attached hydrogens (tertiary/aromatic N) is 1. The number of ketones is 1. The number of nitrogens with one attached hydrogen (secondary N) is 3. The van der Waals surface area contributed by atoms with E-state index >= 15 is 0 Å². The number of quaternary nitrogens is 1. The van der Waals surface area contributed by atoms with E-state index in [0.717, 1.165) is 17.5 Å². The summed E-state index contributed by atoms with van der Waals surface area (Å²) in [4.78, 5) is 65.1. The number of aryl methyl sites for hydroxylation is 2. The molecule has 4 amide bonds. The van der Waals surface area contributed by atoms with Crippen LogP contribution >= 0.6 is 0 Å². The predicted octanol–water partition coefficient (Wildman–Crippen LogP) is 1.96. The highest BCUT2D eigenvalue weighted by Crippen LogP contribution is 2.36. The molecule has 10 heteroatoms. The third-order valence-electron chi connectivity index (χ3n) is 7.56. The normalized spacial score (nSPS) is 19.1. The highest BCUT2D eigenvalue weighted by atomic mass is 16.3. The molecule has 0 radical (unpaired) electrons. The highest BCUT2D eigenvalue weighted by Gasteiger charge is 2.56. The fourth-order valence-corrected chi connectivity index (χ4v) is 5.32. The summed E-state index contributed by atoms with van der Waals surface area (Å²) in [6, 6.07) is 3.65. The number of piperidine rings is 1. The Balaban J connectivity index is 1.81. The number of rotatable bonds is 12. The molecule has 0 aromatic heterocycles. The minimum atomic E-state index is -1.06. The van der Waals surface area contributed by atoms with Gasteiger partial charge in [-0.3, -0.25) is 19.2 Å². The lowest BCUT2D eigenvalue weighted by molar-refractivity contribution is -0.708. The molecular weight excluding hydrogens is 500 g/mol. The molecule has 1 fully saturated rings. The zero-order valence-electron chi connectivity index (χ0n) is 23.3. The number of hydrogen-bond donors (Lipinski definition) is 4. The summed E-state index contributed by atoms with van der Waals surface area (Å²) >= 11 is 0. The van der Waals surface area contributed by atoms with Crippen LogP contribution in [-0.4, -0.2) is 64.2 Å². The van der Waals surface area contributed by atoms with Gasteiger partial charge >= 0.3 is 17.7 Å². The van der Waals surface area contributed by atoms with Gasteiger partial charge in [0.2, 0.25) is 11.7 Å². The Labute approximate surface area is 229 Å². The number of aliphatic hydroxyl groups excluding tert-OH is 1. The van der Waals surface area contributed by atoms with Crippen molar-refractivity contribution < 1.29 is 33.6 Å². The van der Waals surface area contributed by atoms with E-state index < -0.39 is 52.6 Å². The summed E-state index contributed by atoms with van der Waals surface area (Å²) in [6.45, 7) is 7.50. The molecule has 0 unspecified atom stereocenters. The van der Waals surface area contributed by atoms with Gasteiger partial charge in [0.25, 0.3) is 0 Å². The molecule has 1 saturated heterocycles. The van der Waals surface area contributed by atoms with Crippen molar-refractivity contribution in [1.29, 1.82) is 0 Å². The van der Waals surface area contributed by atoms with Crippen LogP contribution in [-0.2, 0) is 36.8 Å². The van der Waals surface area contributed by atoms with Crippen molar-refractivity contribution in [2.45, 2.75) is 78.3 Å². The molecule has 212 valence electrons. The summed E-state index contributed by atoms with van der Waals surface area (Å²) in [6.07, 6.45) is 6.13. The summed E-state index contributed by atoms with van der Waals surface area (Å²) in [5, 5.41) is 17.8. The molecule has 2 aliphatic heterocycles. The second-order valence-corrected chi connectivity index (χ2v) is 10.7. The van der Waals surface area contributed by atoms with Crippen LogP contribution in [0.3, 0.4) is 0 Å². The molecule has 1 aromatic rings. The quantitative estimate of drug-likeness (QED) is 0.235. The lowest BCUT2D eigenvalue weighted by Gasteiger charge is -2.32. The first-order chi connectivity index (χ1) is 18.6. The van der Waals surface area contributed by atoms with E-state index in [0.29, 0.717) is 31.5 Å². The Hall–Kier alpha value is -3.37. The van der Waals surface area contributed by atoms with Gasteiger partial charge in [0.15, 0.2) is 18.4 Å². The van der Waals surface area contributed by atoms with Gasteiger partial charge in [-0.15, -0.1) is 0 Å². The number of benzene rings is 1. The van der Waals surface area contributed by atoms with Crippen molar-refractivity contribution in [3.63, 3.8) is 0 Å². The number of carbonyl (C=O) groups is 5. The van der Waals surface area contributed by atoms with Gasteiger partial charge in [-0.1, -0.05) is 45.9 Å². The van der Waals surface area contributed by atoms with E-state index in [-0.39, 0.29) is 24.7 Å². The summed E-state index contributed by atoms with van der Waals surface area (Å²) in [5.74, 6) is -3.49. The third kappa shape index (κ3) is 6.99. The van der Waals surface area contributed by atoms with Gasteiger partial charge in [0.1, 0.15) is 12.6 Å². The summed E-state index contributed by atoms with van der Waals surface area (Å²) in [7, 11) is 0. The maximum Gasteiger partial charge on any atom is 0.346 e. The second-order valence-electron chi connectivity index (χ2n) is 10.7. The average Bonchev–Trinajstić information content (AvgIpc) is 3.72. The maximum absolute atomic E-state index is 13.9. The van der Waals surface area contributed by atoms with E-state index in [4.69, 9.17) is 0 Å². The van der Waals surface area contributed by atoms with Crippen LogP contribution in [0.5, 0.6) is 0 Å². The van der Waals surface area contributed by atoms with Gasteiger partial charge in [0.05, 0.1) is 0 Å². The van der Waals surface area contributed by atoms with Crippen molar-refractivity contribution >= 4 is 35.1 Å². The van der Waals surface area contributed by atoms with E-state index in [9.17, 15) is 29.1 Å². The molecule has 3 atom stereocenters. The topological polar surface area (TPSA) is 142 Å². The Morgan fingerprint density at radius 1 is 1.08 bits per heavy atom. The SMILES string of the molecule is CCc1cccc(CC)c1NC(=O)C(=O)N[C@@H](CC(C)C)C(=O)[N+]1([C@@H](C[C@@H]2CCCNC2=O)C(=O)CO)C=C1. The fourth-order valence-electron chi connectivity index (χ4n) is 5.32. The zero-order chi connectivity index (χ0) is 28.7. The molecule has 2 aliphatic rings. The number of Topliss-reactive ketones (excluding diaryl/α,β-unsaturated/α-hetero) is 1. The van der Waals surface area contributed by atoms with Crippen LogP contribution in [0.25, 0.3) is 0 Å². The standard InChI is InChI=1S/C29H40N4O6/c1-5-19-9-7-10-20(6-2)25(19)32-28(38)27(37)31-22(15-18(3)4)29(39)33(13-14-33)23(24(35)17-34)16-21-11-8-12-30-26(21)36/h7,9-10,13-14,18,21-23,34H,5-6,8,11-12,15-17H2,1-4H3,(H2-,30,31,32,36,37,38)/p+1/t21-,22-,23-/m0/s1. The molecule has 0 aliphatic carbocycles. The van der Waals surface area contributed by atoms with Crippen LogP contribution in [0.15, 0.2) is 30.6 Å². The highest BCUT2D eigenvalue weighted by molar-refractivity contribution is 6.40. The van der Waals surface area contributed by atoms with Crippen molar-refractivity contribution in [1.82, 2.24) is 10.6 Å².